The summed E-state index contributed by atoms with van der Waals surface area (Å²) in [6.07, 6.45) is 2.98. The van der Waals surface area contributed by atoms with Gasteiger partial charge in [0.1, 0.15) is 12.2 Å². The lowest BCUT2D eigenvalue weighted by atomic mass is 9.44. The Morgan fingerprint density at radius 1 is 1.19 bits per heavy atom. The Bertz CT molecular complexity index is 1110. The van der Waals surface area contributed by atoms with E-state index in [9.17, 15) is 24.6 Å². The molecule has 7 nitrogen and oxygen atoms in total. The molecule has 0 bridgehead atoms. The monoisotopic (exact) mass is 504 g/mol. The van der Waals surface area contributed by atoms with Crippen molar-refractivity contribution in [2.75, 3.05) is 6.61 Å². The molecule has 5 rings (SSSR count). The van der Waals surface area contributed by atoms with Crippen LogP contribution in [0.4, 0.5) is 4.39 Å². The molecule has 198 valence electrons. The molecule has 1 heterocycles. The molecular weight excluding hydrogens is 467 g/mol. The molecule has 0 aromatic carbocycles. The van der Waals surface area contributed by atoms with Crippen LogP contribution in [-0.4, -0.2) is 57.5 Å². The van der Waals surface area contributed by atoms with Crippen molar-refractivity contribution in [2.24, 2.45) is 34.0 Å². The van der Waals surface area contributed by atoms with E-state index in [0.29, 0.717) is 12.8 Å². The van der Waals surface area contributed by atoms with E-state index in [1.54, 1.807) is 20.8 Å². The van der Waals surface area contributed by atoms with Crippen LogP contribution in [0.2, 0.25) is 0 Å². The Balaban J connectivity index is 1.65. The van der Waals surface area contributed by atoms with Gasteiger partial charge >= 0.3 is 0 Å². The lowest BCUT2D eigenvalue weighted by Gasteiger charge is -2.63. The number of alkyl halides is 1. The highest BCUT2D eigenvalue weighted by molar-refractivity contribution is 6.10. The van der Waals surface area contributed by atoms with Crippen molar-refractivity contribution in [3.05, 3.63) is 23.8 Å². The Kier molecular flexibility index (Phi) is 5.34. The minimum Gasteiger partial charge on any atom is -0.390 e. The van der Waals surface area contributed by atoms with Crippen LogP contribution in [0.15, 0.2) is 23.8 Å². The van der Waals surface area contributed by atoms with Gasteiger partial charge < -0.3 is 19.7 Å². The minimum absolute atomic E-state index is 0.0922. The molecule has 8 heteroatoms. The van der Waals surface area contributed by atoms with E-state index >= 15 is 4.39 Å². The lowest BCUT2D eigenvalue weighted by molar-refractivity contribution is -0.458. The zero-order valence-corrected chi connectivity index (χ0v) is 21.9. The molecule has 1 saturated heterocycles. The molecule has 1 aliphatic heterocycles. The summed E-state index contributed by atoms with van der Waals surface area (Å²) in [6, 6.07) is 0. The van der Waals surface area contributed by atoms with Crippen LogP contribution in [0.1, 0.15) is 67.2 Å². The molecule has 0 radical (unpaired) electrons. The first-order chi connectivity index (χ1) is 16.5. The third-order valence-corrected chi connectivity index (χ3v) is 10.9. The fraction of sp³-hybridized carbons (Fsp3) is 0.750. The highest BCUT2D eigenvalue weighted by Crippen LogP contribution is 2.72. The predicted octanol–water partition coefficient (Wildman–Crippen LogP) is 3.22. The maximum Gasteiger partial charge on any atom is 0.287 e. The van der Waals surface area contributed by atoms with E-state index in [4.69, 9.17) is 9.47 Å². The predicted molar refractivity (Wildman–Crippen MR) is 127 cm³/mol. The van der Waals surface area contributed by atoms with Gasteiger partial charge in [0.05, 0.1) is 11.5 Å². The number of halogens is 1. The van der Waals surface area contributed by atoms with Gasteiger partial charge in [-0.3, -0.25) is 14.4 Å². The van der Waals surface area contributed by atoms with Crippen molar-refractivity contribution in [2.45, 2.75) is 90.6 Å². The fourth-order valence-corrected chi connectivity index (χ4v) is 8.30. The Morgan fingerprint density at radius 3 is 2.50 bits per heavy atom. The summed E-state index contributed by atoms with van der Waals surface area (Å²) in [5, 5.41) is 23.1. The van der Waals surface area contributed by atoms with Gasteiger partial charge in [-0.2, -0.15) is 0 Å². The maximum atomic E-state index is 17.4. The number of Topliss-reactive ketones (excluding diaryl/α,β-unsaturated/α-hetero) is 2. The topological polar surface area (TPSA) is 110 Å². The average Bonchev–Trinajstić information content (AvgIpc) is 3.01. The van der Waals surface area contributed by atoms with Gasteiger partial charge in [0.25, 0.3) is 5.97 Å². The van der Waals surface area contributed by atoms with Gasteiger partial charge in [0.2, 0.25) is 0 Å². The molecule has 0 aromatic heterocycles. The highest BCUT2D eigenvalue weighted by Gasteiger charge is 2.79. The number of rotatable bonds is 2. The number of aliphatic hydroxyl groups excluding tert-OH is 1. The molecule has 5 aliphatic rings. The van der Waals surface area contributed by atoms with Crippen LogP contribution in [-0.2, 0) is 23.9 Å². The Hall–Kier alpha value is -1.74. The van der Waals surface area contributed by atoms with E-state index in [2.05, 4.69) is 0 Å². The van der Waals surface area contributed by atoms with Gasteiger partial charge in [0, 0.05) is 28.7 Å². The summed E-state index contributed by atoms with van der Waals surface area (Å²) in [5.41, 5.74) is -7.01. The molecule has 0 aromatic rings. The van der Waals surface area contributed by atoms with Crippen LogP contribution in [0.5, 0.6) is 0 Å². The second-order valence-electron chi connectivity index (χ2n) is 12.7. The molecule has 1 unspecified atom stereocenters. The zero-order chi connectivity index (χ0) is 26.7. The van der Waals surface area contributed by atoms with E-state index in [0.717, 1.165) is 0 Å². The molecule has 36 heavy (non-hydrogen) atoms. The second-order valence-corrected chi connectivity index (χ2v) is 12.7. The van der Waals surface area contributed by atoms with Crippen molar-refractivity contribution < 1.29 is 38.5 Å². The molecule has 0 amide bonds. The molecule has 9 atom stereocenters. The summed E-state index contributed by atoms with van der Waals surface area (Å²) in [5.74, 6) is -4.87. The van der Waals surface area contributed by atoms with Gasteiger partial charge in [-0.25, -0.2) is 4.39 Å². The van der Waals surface area contributed by atoms with Gasteiger partial charge in [-0.1, -0.05) is 40.7 Å². The molecule has 1 spiro atoms. The van der Waals surface area contributed by atoms with Crippen molar-refractivity contribution in [3.63, 3.8) is 0 Å². The maximum absolute atomic E-state index is 17.4. The number of hydrogen-bond donors (Lipinski definition) is 2. The zero-order valence-electron chi connectivity index (χ0n) is 21.9. The van der Waals surface area contributed by atoms with E-state index in [-0.39, 0.29) is 42.4 Å². The molecular formula is C28H37FO7. The Labute approximate surface area is 211 Å². The number of allylic oxidation sites excluding steroid dienone is 4. The summed E-state index contributed by atoms with van der Waals surface area (Å²) in [7, 11) is 0. The van der Waals surface area contributed by atoms with Crippen LogP contribution < -0.4 is 0 Å². The van der Waals surface area contributed by atoms with E-state index in [1.807, 2.05) is 20.8 Å². The van der Waals surface area contributed by atoms with Gasteiger partial charge in [-0.15, -0.1) is 0 Å². The molecule has 3 saturated carbocycles. The quantitative estimate of drug-likeness (QED) is 0.594. The number of aliphatic hydroxyl groups is 2. The number of ether oxygens (including phenoxy) is 2. The fourth-order valence-electron chi connectivity index (χ4n) is 8.30. The molecule has 2 N–H and O–H groups in total. The first kappa shape index (κ1) is 25.9. The number of hydrogen-bond acceptors (Lipinski definition) is 7. The van der Waals surface area contributed by atoms with Crippen LogP contribution in [0, 0.1) is 34.0 Å². The van der Waals surface area contributed by atoms with E-state index in [1.165, 1.54) is 18.2 Å². The second kappa shape index (κ2) is 7.43. The molecule has 4 aliphatic carbocycles. The van der Waals surface area contributed by atoms with Gasteiger partial charge in [0.15, 0.2) is 23.0 Å². The molecule has 4 fully saturated rings. The first-order valence-electron chi connectivity index (χ1n) is 13.0. The van der Waals surface area contributed by atoms with Crippen LogP contribution in [0.25, 0.3) is 0 Å². The summed E-state index contributed by atoms with van der Waals surface area (Å²) in [6.45, 7) is 10.4. The first-order valence-corrected chi connectivity index (χ1v) is 13.0. The van der Waals surface area contributed by atoms with Crippen molar-refractivity contribution in [1.29, 1.82) is 0 Å². The summed E-state index contributed by atoms with van der Waals surface area (Å²) >= 11 is 0. The van der Waals surface area contributed by atoms with Crippen molar-refractivity contribution >= 4 is 17.3 Å². The lowest BCUT2D eigenvalue weighted by Crippen LogP contribution is -2.73. The SMILES string of the molecule is CCC(C)(C)C1(O)OCC(=O)[C@@]2(O1)[C@@H](C)C[C@H]1[C@@H]3CC(=O)C4=CC(=O)C=C[C@]4(C)[C@@]3(F)[C@@H](O)C[C@@]12C. The third-order valence-electron chi connectivity index (χ3n) is 10.9. The number of fused-ring (bicyclic) bond motifs is 6. The minimum atomic E-state index is -2.22. The number of carbonyl (C=O) groups is 3. The third kappa shape index (κ3) is 2.74. The van der Waals surface area contributed by atoms with Crippen LogP contribution in [0.3, 0.4) is 0 Å². The number of carbonyl (C=O) groups excluding carboxylic acids is 3. The smallest absolute Gasteiger partial charge is 0.287 e. The van der Waals surface area contributed by atoms with Crippen molar-refractivity contribution in [3.8, 4) is 0 Å². The summed E-state index contributed by atoms with van der Waals surface area (Å²) in [4.78, 5) is 39.0. The highest BCUT2D eigenvalue weighted by atomic mass is 19.1. The normalized spacial score (nSPS) is 50.6. The standard InChI is InChI=1S/C28H37FO7/c1-7-23(3,4)28(34)35-14-22(33)27(36-28)15(2)10-17-18-12-20(31)19-11-16(30)8-9-24(19,5)26(18,29)21(32)13-25(17,27)6/h8-9,11,15,17-18,21,32,34H,7,10,12-14H2,1-6H3/t15-,17-,18-,21-,24-,25-,26-,27-,28?/m0/s1. The van der Waals surface area contributed by atoms with Crippen molar-refractivity contribution in [1.82, 2.24) is 0 Å². The van der Waals surface area contributed by atoms with Gasteiger partial charge in [-0.05, 0) is 50.2 Å². The van der Waals surface area contributed by atoms with E-state index < -0.39 is 57.3 Å². The largest absolute Gasteiger partial charge is 0.390 e. The van der Waals surface area contributed by atoms with Crippen LogP contribution >= 0.6 is 0 Å². The average molecular weight is 505 g/mol. The Morgan fingerprint density at radius 2 is 1.86 bits per heavy atom. The number of ketones is 3. The summed E-state index contributed by atoms with van der Waals surface area (Å²) < 4.78 is 29.4.